The van der Waals surface area contributed by atoms with Crippen molar-refractivity contribution in [3.05, 3.63) is 29.4 Å². The van der Waals surface area contributed by atoms with Gasteiger partial charge in [-0.2, -0.15) is 4.31 Å². The number of nitrogens with one attached hydrogen (secondary N) is 1. The molecule has 1 N–H and O–H groups in total. The van der Waals surface area contributed by atoms with Gasteiger partial charge < -0.3 is 14.8 Å². The molecule has 10 heteroatoms. The van der Waals surface area contributed by atoms with E-state index in [4.69, 9.17) is 9.47 Å². The highest BCUT2D eigenvalue weighted by Gasteiger charge is 2.33. The van der Waals surface area contributed by atoms with Gasteiger partial charge in [-0.25, -0.2) is 18.4 Å². The number of aryl methyl sites for hydroxylation is 1. The number of ether oxygens (including phenoxy) is 2. The minimum absolute atomic E-state index is 0.297. The first-order valence-corrected chi connectivity index (χ1v) is 12.3. The van der Waals surface area contributed by atoms with Crippen LogP contribution in [0.3, 0.4) is 0 Å². The molecule has 1 aliphatic rings. The van der Waals surface area contributed by atoms with Crippen LogP contribution in [0, 0.1) is 12.8 Å². The predicted molar refractivity (Wildman–Crippen MR) is 122 cm³/mol. The summed E-state index contributed by atoms with van der Waals surface area (Å²) in [4.78, 5) is 10.4. The molecule has 0 spiro atoms. The first kappa shape index (κ1) is 21.8. The zero-order valence-electron chi connectivity index (χ0n) is 18.0. The zero-order chi connectivity index (χ0) is 22.2. The number of rotatable bonds is 6. The third-order valence-corrected chi connectivity index (χ3v) is 8.81. The van der Waals surface area contributed by atoms with Crippen molar-refractivity contribution in [2.75, 3.05) is 32.6 Å². The van der Waals surface area contributed by atoms with E-state index in [0.29, 0.717) is 62.0 Å². The Morgan fingerprint density at radius 1 is 1.13 bits per heavy atom. The Labute approximate surface area is 186 Å². The molecule has 4 rings (SSSR count). The minimum atomic E-state index is -3.66. The zero-order valence-corrected chi connectivity index (χ0v) is 19.6. The molecule has 31 heavy (non-hydrogen) atoms. The van der Waals surface area contributed by atoms with Crippen molar-refractivity contribution in [1.29, 1.82) is 0 Å². The first-order valence-electron chi connectivity index (χ1n) is 10.1. The monoisotopic (exact) mass is 462 g/mol. The number of nitrogens with zero attached hydrogens (tertiary/aromatic N) is 3. The Hall–Kier alpha value is -2.43. The van der Waals surface area contributed by atoms with Gasteiger partial charge in [0.1, 0.15) is 21.9 Å². The number of methoxy groups -OCH3 is 2. The molecule has 0 aliphatic carbocycles. The molecule has 166 valence electrons. The lowest BCUT2D eigenvalue weighted by atomic mass is 10.0. The van der Waals surface area contributed by atoms with Crippen molar-refractivity contribution in [1.82, 2.24) is 14.3 Å². The molecule has 1 aromatic carbocycles. The van der Waals surface area contributed by atoms with Gasteiger partial charge in [-0.15, -0.1) is 11.3 Å². The molecule has 0 unspecified atom stereocenters. The molecule has 0 radical (unpaired) electrons. The number of benzene rings is 1. The van der Waals surface area contributed by atoms with Crippen LogP contribution in [-0.2, 0) is 10.0 Å². The van der Waals surface area contributed by atoms with Gasteiger partial charge in [0.15, 0.2) is 11.5 Å². The molecule has 0 atom stereocenters. The fraction of sp³-hybridized carbons (Fsp3) is 0.429. The summed E-state index contributed by atoms with van der Waals surface area (Å²) in [5.74, 6) is 2.16. The maximum atomic E-state index is 13.6. The van der Waals surface area contributed by atoms with E-state index >= 15 is 0 Å². The van der Waals surface area contributed by atoms with Gasteiger partial charge >= 0.3 is 0 Å². The van der Waals surface area contributed by atoms with Crippen LogP contribution < -0.4 is 14.8 Å². The second-order valence-corrected chi connectivity index (χ2v) is 10.7. The Balaban J connectivity index is 1.78. The van der Waals surface area contributed by atoms with E-state index in [1.807, 2.05) is 13.0 Å². The van der Waals surface area contributed by atoms with Crippen LogP contribution in [-0.4, -0.2) is 50.0 Å². The SMILES string of the molecule is COc1ccc(Nc2ncnc3sc(C)c(S(=O)(=O)N4CCC(C)CC4)c23)cc1OC. The Bertz CT molecular complexity index is 1200. The van der Waals surface area contributed by atoms with Gasteiger partial charge in [-0.05, 0) is 37.8 Å². The number of sulfonamides is 1. The fourth-order valence-electron chi connectivity index (χ4n) is 3.83. The number of hydrogen-bond acceptors (Lipinski definition) is 8. The van der Waals surface area contributed by atoms with Crippen LogP contribution in [0.25, 0.3) is 10.2 Å². The summed E-state index contributed by atoms with van der Waals surface area (Å²) in [5, 5.41) is 3.77. The summed E-state index contributed by atoms with van der Waals surface area (Å²) in [7, 11) is -0.517. The van der Waals surface area contributed by atoms with Crippen molar-refractivity contribution in [3.8, 4) is 11.5 Å². The van der Waals surface area contributed by atoms with E-state index in [-0.39, 0.29) is 0 Å². The molecule has 0 amide bonds. The lowest BCUT2D eigenvalue weighted by Crippen LogP contribution is -2.38. The maximum Gasteiger partial charge on any atom is 0.244 e. The van der Waals surface area contributed by atoms with Crippen LogP contribution in [0.15, 0.2) is 29.4 Å². The molecule has 3 aromatic rings. The third-order valence-electron chi connectivity index (χ3n) is 5.60. The van der Waals surface area contributed by atoms with Gasteiger partial charge in [-0.1, -0.05) is 6.92 Å². The highest BCUT2D eigenvalue weighted by molar-refractivity contribution is 7.89. The Kier molecular flexibility index (Phi) is 6.05. The van der Waals surface area contributed by atoms with Gasteiger partial charge in [0.25, 0.3) is 0 Å². The number of hydrogen-bond donors (Lipinski definition) is 1. The molecule has 8 nitrogen and oxygen atoms in total. The quantitative estimate of drug-likeness (QED) is 0.587. The standard InChI is InChI=1S/C21H26N4O4S2/c1-13-7-9-25(10-8-13)31(26,27)19-14(2)30-21-18(19)20(22-12-23-21)24-15-5-6-16(28-3)17(11-15)29-4/h5-6,11-13H,7-10H2,1-4H3,(H,22,23,24). The molecular formula is C21H26N4O4S2. The van der Waals surface area contributed by atoms with Gasteiger partial charge in [-0.3, -0.25) is 0 Å². The largest absolute Gasteiger partial charge is 0.493 e. The second kappa shape index (κ2) is 8.60. The van der Waals surface area contributed by atoms with E-state index in [0.717, 1.165) is 12.8 Å². The van der Waals surface area contributed by atoms with Crippen molar-refractivity contribution >= 4 is 43.1 Å². The van der Waals surface area contributed by atoms with Crippen LogP contribution >= 0.6 is 11.3 Å². The number of anilines is 2. The first-order chi connectivity index (χ1) is 14.8. The summed E-state index contributed by atoms with van der Waals surface area (Å²) in [6.07, 6.45) is 3.18. The molecule has 2 aromatic heterocycles. The predicted octanol–water partition coefficient (Wildman–Crippen LogP) is 4.18. The summed E-state index contributed by atoms with van der Waals surface area (Å²) in [6, 6.07) is 5.39. The van der Waals surface area contributed by atoms with Crippen molar-refractivity contribution < 1.29 is 17.9 Å². The minimum Gasteiger partial charge on any atom is -0.493 e. The lowest BCUT2D eigenvalue weighted by Gasteiger charge is -2.29. The van der Waals surface area contributed by atoms with E-state index in [1.165, 1.54) is 17.7 Å². The van der Waals surface area contributed by atoms with Gasteiger partial charge in [0.2, 0.25) is 10.0 Å². The van der Waals surface area contributed by atoms with Crippen LogP contribution in [0.2, 0.25) is 0 Å². The van der Waals surface area contributed by atoms with Crippen LogP contribution in [0.4, 0.5) is 11.5 Å². The van der Waals surface area contributed by atoms with Gasteiger partial charge in [0, 0.05) is 29.7 Å². The number of fused-ring (bicyclic) bond motifs is 1. The van der Waals surface area contributed by atoms with Crippen LogP contribution in [0.1, 0.15) is 24.6 Å². The molecule has 0 saturated carbocycles. The van der Waals surface area contributed by atoms with Crippen molar-refractivity contribution in [3.63, 3.8) is 0 Å². The average Bonchev–Trinajstić information content (AvgIpc) is 3.11. The summed E-state index contributed by atoms with van der Waals surface area (Å²) < 4.78 is 39.4. The normalized spacial score (nSPS) is 15.9. The molecule has 1 fully saturated rings. The van der Waals surface area contributed by atoms with Crippen LogP contribution in [0.5, 0.6) is 11.5 Å². The van der Waals surface area contributed by atoms with Gasteiger partial charge in [0.05, 0.1) is 19.6 Å². The molecule has 0 bridgehead atoms. The Morgan fingerprint density at radius 3 is 2.52 bits per heavy atom. The third kappa shape index (κ3) is 4.07. The lowest BCUT2D eigenvalue weighted by molar-refractivity contribution is 0.288. The van der Waals surface area contributed by atoms with E-state index in [9.17, 15) is 8.42 Å². The fourth-order valence-corrected chi connectivity index (χ4v) is 6.98. The summed E-state index contributed by atoms with van der Waals surface area (Å²) in [5.41, 5.74) is 0.705. The molecule has 1 aliphatic heterocycles. The van der Waals surface area contributed by atoms with E-state index in [1.54, 1.807) is 30.7 Å². The summed E-state index contributed by atoms with van der Waals surface area (Å²) >= 11 is 1.37. The van der Waals surface area contributed by atoms with Crippen molar-refractivity contribution in [2.45, 2.75) is 31.6 Å². The second-order valence-electron chi connectivity index (χ2n) is 7.67. The smallest absolute Gasteiger partial charge is 0.244 e. The molecular weight excluding hydrogens is 436 g/mol. The Morgan fingerprint density at radius 2 is 1.84 bits per heavy atom. The maximum absolute atomic E-state index is 13.6. The number of thiophene rings is 1. The molecule has 3 heterocycles. The number of piperidine rings is 1. The average molecular weight is 463 g/mol. The van der Waals surface area contributed by atoms with Crippen molar-refractivity contribution in [2.24, 2.45) is 5.92 Å². The highest BCUT2D eigenvalue weighted by Crippen LogP contribution is 2.40. The van der Waals surface area contributed by atoms with E-state index in [2.05, 4.69) is 22.2 Å². The highest BCUT2D eigenvalue weighted by atomic mass is 32.2. The summed E-state index contributed by atoms with van der Waals surface area (Å²) in [6.45, 7) is 5.05. The number of aromatic nitrogens is 2. The molecule has 1 saturated heterocycles. The topological polar surface area (TPSA) is 93.7 Å². The van der Waals surface area contributed by atoms with E-state index < -0.39 is 10.0 Å².